The van der Waals surface area contributed by atoms with Crippen molar-refractivity contribution in [3.05, 3.63) is 54.1 Å². The van der Waals surface area contributed by atoms with Crippen LogP contribution in [0.25, 0.3) is 0 Å². The minimum atomic E-state index is -0.0231. The van der Waals surface area contributed by atoms with Crippen LogP contribution in [-0.2, 0) is 4.79 Å². The van der Waals surface area contributed by atoms with Crippen LogP contribution in [0.4, 0.5) is 11.4 Å². The molecular weight excluding hydrogens is 302 g/mol. The van der Waals surface area contributed by atoms with Crippen LogP contribution in [0.1, 0.15) is 5.56 Å². The van der Waals surface area contributed by atoms with E-state index < -0.39 is 0 Å². The van der Waals surface area contributed by atoms with E-state index >= 15 is 0 Å². The van der Waals surface area contributed by atoms with Gasteiger partial charge in [-0.1, -0.05) is 18.2 Å². The first-order valence-electron chi connectivity index (χ1n) is 8.23. The molecule has 2 aromatic carbocycles. The monoisotopic (exact) mass is 325 g/mol. The fraction of sp³-hybridized carbons (Fsp3) is 0.316. The second kappa shape index (κ2) is 7.36. The summed E-state index contributed by atoms with van der Waals surface area (Å²) in [5.41, 5.74) is 3.28. The Labute approximate surface area is 142 Å². The number of phenols is 1. The Balaban J connectivity index is 1.49. The van der Waals surface area contributed by atoms with Gasteiger partial charge in [0.15, 0.2) is 0 Å². The number of anilines is 2. The van der Waals surface area contributed by atoms with Crippen molar-refractivity contribution in [1.29, 1.82) is 0 Å². The lowest BCUT2D eigenvalue weighted by molar-refractivity contribution is -0.117. The number of rotatable bonds is 4. The molecular formula is C19H23N3O2. The maximum absolute atomic E-state index is 12.1. The Bertz CT molecular complexity index is 692. The number of hydrogen-bond donors (Lipinski definition) is 2. The number of aryl methyl sites for hydroxylation is 1. The number of benzene rings is 2. The summed E-state index contributed by atoms with van der Waals surface area (Å²) in [6, 6.07) is 14.9. The van der Waals surface area contributed by atoms with Crippen molar-refractivity contribution < 1.29 is 9.90 Å². The molecule has 2 aromatic rings. The van der Waals surface area contributed by atoms with E-state index in [4.69, 9.17) is 0 Å². The summed E-state index contributed by atoms with van der Waals surface area (Å²) >= 11 is 0. The molecule has 1 fully saturated rings. The lowest BCUT2D eigenvalue weighted by atomic mass is 10.1. The number of nitrogens with one attached hydrogen (secondary N) is 1. The second-order valence-electron chi connectivity index (χ2n) is 6.14. The third-order valence-corrected chi connectivity index (χ3v) is 4.35. The topological polar surface area (TPSA) is 55.8 Å². The molecule has 126 valence electrons. The maximum atomic E-state index is 12.1. The number of para-hydroxylation sites is 1. The predicted octanol–water partition coefficient (Wildman–Crippen LogP) is 2.46. The molecule has 0 spiro atoms. The third-order valence-electron chi connectivity index (χ3n) is 4.35. The van der Waals surface area contributed by atoms with Crippen LogP contribution in [0.5, 0.6) is 5.75 Å². The van der Waals surface area contributed by atoms with E-state index in [1.165, 1.54) is 11.3 Å². The molecule has 5 nitrogen and oxygen atoms in total. The number of phenolic OH excluding ortho intramolecular Hbond substituents is 1. The molecule has 24 heavy (non-hydrogen) atoms. The summed E-state index contributed by atoms with van der Waals surface area (Å²) in [7, 11) is 0. The molecule has 1 heterocycles. The Morgan fingerprint density at radius 2 is 1.71 bits per heavy atom. The van der Waals surface area contributed by atoms with E-state index in [-0.39, 0.29) is 11.7 Å². The standard InChI is InChI=1S/C19H23N3O2/c1-15-4-2-3-5-18(15)22-12-10-21(11-13-22)14-19(24)20-16-6-8-17(23)9-7-16/h2-9,23H,10-14H2,1H3,(H,20,24). The number of aromatic hydroxyl groups is 1. The summed E-state index contributed by atoms with van der Waals surface area (Å²) in [6.07, 6.45) is 0. The first-order chi connectivity index (χ1) is 11.6. The average molecular weight is 325 g/mol. The Morgan fingerprint density at radius 3 is 2.38 bits per heavy atom. The molecule has 0 aliphatic carbocycles. The van der Waals surface area contributed by atoms with Crippen molar-refractivity contribution in [3.8, 4) is 5.75 Å². The van der Waals surface area contributed by atoms with Crippen LogP contribution in [0.3, 0.4) is 0 Å². The van der Waals surface area contributed by atoms with Crippen molar-refractivity contribution in [2.45, 2.75) is 6.92 Å². The minimum Gasteiger partial charge on any atom is -0.508 e. The first-order valence-corrected chi connectivity index (χ1v) is 8.23. The maximum Gasteiger partial charge on any atom is 0.238 e. The van der Waals surface area contributed by atoms with Crippen LogP contribution < -0.4 is 10.2 Å². The van der Waals surface area contributed by atoms with Crippen molar-refractivity contribution in [3.63, 3.8) is 0 Å². The Morgan fingerprint density at radius 1 is 1.04 bits per heavy atom. The molecule has 5 heteroatoms. The highest BCUT2D eigenvalue weighted by molar-refractivity contribution is 5.92. The summed E-state index contributed by atoms with van der Waals surface area (Å²) in [6.45, 7) is 6.12. The van der Waals surface area contributed by atoms with Crippen molar-refractivity contribution in [1.82, 2.24) is 4.90 Å². The smallest absolute Gasteiger partial charge is 0.238 e. The molecule has 0 unspecified atom stereocenters. The molecule has 1 amide bonds. The number of amides is 1. The number of carbonyl (C=O) groups is 1. The molecule has 0 saturated carbocycles. The van der Waals surface area contributed by atoms with Gasteiger partial charge in [0, 0.05) is 37.6 Å². The molecule has 0 aromatic heterocycles. The van der Waals surface area contributed by atoms with Crippen LogP contribution in [0, 0.1) is 6.92 Å². The highest BCUT2D eigenvalue weighted by Gasteiger charge is 2.20. The zero-order chi connectivity index (χ0) is 16.9. The predicted molar refractivity (Wildman–Crippen MR) is 96.6 cm³/mol. The quantitative estimate of drug-likeness (QED) is 0.848. The fourth-order valence-electron chi connectivity index (χ4n) is 3.01. The summed E-state index contributed by atoms with van der Waals surface area (Å²) in [4.78, 5) is 16.7. The lowest BCUT2D eigenvalue weighted by Gasteiger charge is -2.36. The lowest BCUT2D eigenvalue weighted by Crippen LogP contribution is -2.48. The van der Waals surface area contributed by atoms with Gasteiger partial charge in [0.1, 0.15) is 5.75 Å². The van der Waals surface area contributed by atoms with E-state index in [2.05, 4.69) is 46.3 Å². The molecule has 0 radical (unpaired) electrons. The zero-order valence-electron chi connectivity index (χ0n) is 13.9. The summed E-state index contributed by atoms with van der Waals surface area (Å²) in [5, 5.41) is 12.1. The van der Waals surface area contributed by atoms with E-state index in [9.17, 15) is 9.90 Å². The highest BCUT2D eigenvalue weighted by atomic mass is 16.3. The van der Waals surface area contributed by atoms with Gasteiger partial charge in [-0.05, 0) is 42.8 Å². The SMILES string of the molecule is Cc1ccccc1N1CCN(CC(=O)Nc2ccc(O)cc2)CC1. The van der Waals surface area contributed by atoms with Crippen LogP contribution in [0.2, 0.25) is 0 Å². The first kappa shape index (κ1) is 16.3. The molecule has 3 rings (SSSR count). The number of carbonyl (C=O) groups excluding carboxylic acids is 1. The molecule has 0 atom stereocenters. The van der Waals surface area contributed by atoms with Gasteiger partial charge in [-0.3, -0.25) is 9.69 Å². The van der Waals surface area contributed by atoms with E-state index in [0.29, 0.717) is 12.2 Å². The molecule has 0 bridgehead atoms. The van der Waals surface area contributed by atoms with Gasteiger partial charge in [-0.15, -0.1) is 0 Å². The van der Waals surface area contributed by atoms with E-state index in [0.717, 1.165) is 26.2 Å². The summed E-state index contributed by atoms with van der Waals surface area (Å²) in [5.74, 6) is 0.172. The number of piperazine rings is 1. The molecule has 1 saturated heterocycles. The van der Waals surface area contributed by atoms with Gasteiger partial charge in [0.25, 0.3) is 0 Å². The number of nitrogens with zero attached hydrogens (tertiary/aromatic N) is 2. The van der Waals surface area contributed by atoms with Gasteiger partial charge in [-0.2, -0.15) is 0 Å². The molecule has 2 N–H and O–H groups in total. The van der Waals surface area contributed by atoms with Gasteiger partial charge < -0.3 is 15.3 Å². The summed E-state index contributed by atoms with van der Waals surface area (Å²) < 4.78 is 0. The van der Waals surface area contributed by atoms with Crippen LogP contribution in [0.15, 0.2) is 48.5 Å². The largest absolute Gasteiger partial charge is 0.508 e. The Hall–Kier alpha value is -2.53. The zero-order valence-corrected chi connectivity index (χ0v) is 13.9. The minimum absolute atomic E-state index is 0.0231. The normalized spacial score (nSPS) is 15.3. The van der Waals surface area contributed by atoms with E-state index in [1.54, 1.807) is 24.3 Å². The van der Waals surface area contributed by atoms with Gasteiger partial charge >= 0.3 is 0 Å². The van der Waals surface area contributed by atoms with Crippen molar-refractivity contribution >= 4 is 17.3 Å². The highest BCUT2D eigenvalue weighted by Crippen LogP contribution is 2.20. The van der Waals surface area contributed by atoms with Gasteiger partial charge in [0.05, 0.1) is 6.54 Å². The molecule has 1 aliphatic heterocycles. The average Bonchev–Trinajstić information content (AvgIpc) is 2.58. The third kappa shape index (κ3) is 4.06. The van der Waals surface area contributed by atoms with Crippen molar-refractivity contribution in [2.75, 3.05) is 42.9 Å². The van der Waals surface area contributed by atoms with Crippen LogP contribution in [-0.4, -0.2) is 48.6 Å². The molecule has 1 aliphatic rings. The van der Waals surface area contributed by atoms with Gasteiger partial charge in [-0.25, -0.2) is 0 Å². The fourth-order valence-corrected chi connectivity index (χ4v) is 3.01. The van der Waals surface area contributed by atoms with Gasteiger partial charge in [0.2, 0.25) is 5.91 Å². The number of hydrogen-bond acceptors (Lipinski definition) is 4. The van der Waals surface area contributed by atoms with Crippen molar-refractivity contribution in [2.24, 2.45) is 0 Å². The Kier molecular flexibility index (Phi) is 5.01. The van der Waals surface area contributed by atoms with E-state index in [1.807, 2.05) is 0 Å². The second-order valence-corrected chi connectivity index (χ2v) is 6.14. The van der Waals surface area contributed by atoms with Crippen LogP contribution >= 0.6 is 0 Å².